The highest BCUT2D eigenvalue weighted by Gasteiger charge is 2.34. The molecule has 3 heterocycles. The van der Waals surface area contributed by atoms with Crippen LogP contribution >= 0.6 is 11.6 Å². The van der Waals surface area contributed by atoms with Gasteiger partial charge in [0, 0.05) is 35.2 Å². The number of fused-ring (bicyclic) bond motifs is 2. The fourth-order valence-corrected chi connectivity index (χ4v) is 3.72. The fraction of sp³-hybridized carbons (Fsp3) is 0.500. The number of nitrogens with one attached hydrogen (secondary N) is 2. The van der Waals surface area contributed by atoms with Gasteiger partial charge in [-0.1, -0.05) is 11.6 Å². The number of hydrogen-bond donors (Lipinski definition) is 2. The lowest BCUT2D eigenvalue weighted by molar-refractivity contribution is 0.340. The van der Waals surface area contributed by atoms with Crippen LogP contribution in [0.4, 0.5) is 5.69 Å². The van der Waals surface area contributed by atoms with E-state index >= 15 is 0 Å². The molecule has 100 valence electrons. The number of benzene rings is 1. The molecule has 5 heteroatoms. The first kappa shape index (κ1) is 11.6. The number of nitrogens with zero attached hydrogens (tertiary/aromatic N) is 2. The van der Waals surface area contributed by atoms with Crippen LogP contribution in [-0.2, 0) is 0 Å². The second kappa shape index (κ2) is 4.39. The van der Waals surface area contributed by atoms with Crippen LogP contribution in [0, 0.1) is 5.92 Å². The molecule has 2 fully saturated rings. The van der Waals surface area contributed by atoms with Crippen molar-refractivity contribution in [2.75, 3.05) is 24.5 Å². The largest absolute Gasteiger partial charge is 0.369 e. The van der Waals surface area contributed by atoms with Crippen LogP contribution in [0.3, 0.4) is 0 Å². The zero-order chi connectivity index (χ0) is 12.8. The van der Waals surface area contributed by atoms with Crippen LogP contribution in [-0.4, -0.2) is 35.9 Å². The summed E-state index contributed by atoms with van der Waals surface area (Å²) >= 11 is 6.22. The van der Waals surface area contributed by atoms with Crippen LogP contribution in [0.5, 0.6) is 0 Å². The summed E-state index contributed by atoms with van der Waals surface area (Å²) in [5.74, 6) is 0.773. The van der Waals surface area contributed by atoms with E-state index in [0.717, 1.165) is 36.1 Å². The summed E-state index contributed by atoms with van der Waals surface area (Å²) in [7, 11) is 0. The van der Waals surface area contributed by atoms with E-state index in [2.05, 4.69) is 26.5 Å². The maximum Gasteiger partial charge on any atom is 0.0686 e. The van der Waals surface area contributed by atoms with Crippen molar-refractivity contribution < 1.29 is 0 Å². The normalized spacial score (nSPS) is 26.9. The zero-order valence-electron chi connectivity index (χ0n) is 10.7. The van der Waals surface area contributed by atoms with Gasteiger partial charge in [0.25, 0.3) is 0 Å². The molecule has 2 unspecified atom stereocenters. The van der Waals surface area contributed by atoms with E-state index in [4.69, 9.17) is 11.6 Å². The van der Waals surface area contributed by atoms with E-state index in [0.29, 0.717) is 6.04 Å². The molecule has 0 bridgehead atoms. The molecule has 2 atom stereocenters. The number of hydrogen-bond acceptors (Lipinski definition) is 3. The molecule has 2 aliphatic rings. The lowest BCUT2D eigenvalue weighted by Crippen LogP contribution is -2.40. The lowest BCUT2D eigenvalue weighted by atomic mass is 9.94. The number of anilines is 1. The van der Waals surface area contributed by atoms with Crippen molar-refractivity contribution in [3.05, 3.63) is 23.4 Å². The van der Waals surface area contributed by atoms with Crippen LogP contribution in [0.15, 0.2) is 18.3 Å². The molecule has 0 amide bonds. The van der Waals surface area contributed by atoms with Gasteiger partial charge < -0.3 is 10.2 Å². The third-order valence-corrected chi connectivity index (χ3v) is 4.66. The Labute approximate surface area is 117 Å². The predicted octanol–water partition coefficient (Wildman–Crippen LogP) is 2.40. The third kappa shape index (κ3) is 1.90. The van der Waals surface area contributed by atoms with E-state index < -0.39 is 0 Å². The van der Waals surface area contributed by atoms with Crippen LogP contribution in [0.1, 0.15) is 12.8 Å². The molecule has 0 aliphatic carbocycles. The zero-order valence-corrected chi connectivity index (χ0v) is 11.5. The minimum absolute atomic E-state index is 0.634. The number of aromatic amines is 1. The average Bonchev–Trinajstić information content (AvgIpc) is 3.03. The number of H-pyrrole nitrogens is 1. The lowest BCUT2D eigenvalue weighted by Gasteiger charge is -2.24. The SMILES string of the molecule is Clc1cc(N2CC3CCCNC3C2)c2cn[nH]c2c1. The molecule has 1 aromatic heterocycles. The van der Waals surface area contributed by atoms with Gasteiger partial charge in [0.1, 0.15) is 0 Å². The van der Waals surface area contributed by atoms with E-state index in [1.165, 1.54) is 23.9 Å². The fourth-order valence-electron chi connectivity index (χ4n) is 3.50. The van der Waals surface area contributed by atoms with Crippen molar-refractivity contribution in [1.29, 1.82) is 0 Å². The molecule has 2 aliphatic heterocycles. The molecular weight excluding hydrogens is 260 g/mol. The molecule has 19 heavy (non-hydrogen) atoms. The average molecular weight is 277 g/mol. The second-order valence-corrected chi connectivity index (χ2v) is 6.06. The van der Waals surface area contributed by atoms with Gasteiger partial charge in [-0.3, -0.25) is 5.10 Å². The van der Waals surface area contributed by atoms with Crippen molar-refractivity contribution in [2.45, 2.75) is 18.9 Å². The van der Waals surface area contributed by atoms with E-state index in [1.807, 2.05) is 12.3 Å². The van der Waals surface area contributed by atoms with Crippen molar-refractivity contribution in [1.82, 2.24) is 15.5 Å². The van der Waals surface area contributed by atoms with Crippen molar-refractivity contribution in [3.63, 3.8) is 0 Å². The van der Waals surface area contributed by atoms with Gasteiger partial charge in [-0.15, -0.1) is 0 Å². The van der Waals surface area contributed by atoms with Gasteiger partial charge in [0.2, 0.25) is 0 Å². The molecule has 1 aromatic carbocycles. The van der Waals surface area contributed by atoms with Gasteiger partial charge in [-0.25, -0.2) is 0 Å². The smallest absolute Gasteiger partial charge is 0.0686 e. The number of halogens is 1. The summed E-state index contributed by atoms with van der Waals surface area (Å²) in [6.45, 7) is 3.36. The summed E-state index contributed by atoms with van der Waals surface area (Å²) in [6, 6.07) is 4.64. The van der Waals surface area contributed by atoms with E-state index in [1.54, 1.807) is 0 Å². The Bertz CT molecular complexity index is 595. The van der Waals surface area contributed by atoms with Gasteiger partial charge in [0.15, 0.2) is 0 Å². The molecule has 4 nitrogen and oxygen atoms in total. The second-order valence-electron chi connectivity index (χ2n) is 5.62. The van der Waals surface area contributed by atoms with Gasteiger partial charge in [0.05, 0.1) is 11.7 Å². The molecule has 2 saturated heterocycles. The topological polar surface area (TPSA) is 44.0 Å². The van der Waals surface area contributed by atoms with E-state index in [9.17, 15) is 0 Å². The third-order valence-electron chi connectivity index (χ3n) is 4.44. The molecule has 2 aromatic rings. The summed E-state index contributed by atoms with van der Waals surface area (Å²) in [6.07, 6.45) is 4.53. The maximum atomic E-state index is 6.22. The summed E-state index contributed by atoms with van der Waals surface area (Å²) < 4.78 is 0. The first-order chi connectivity index (χ1) is 9.31. The maximum absolute atomic E-state index is 6.22. The first-order valence-electron chi connectivity index (χ1n) is 6.92. The van der Waals surface area contributed by atoms with Crippen molar-refractivity contribution in [2.24, 2.45) is 5.92 Å². The van der Waals surface area contributed by atoms with Crippen LogP contribution in [0.2, 0.25) is 5.02 Å². The Balaban J connectivity index is 1.72. The quantitative estimate of drug-likeness (QED) is 0.841. The highest BCUT2D eigenvalue weighted by molar-refractivity contribution is 6.31. The van der Waals surface area contributed by atoms with Crippen molar-refractivity contribution in [3.8, 4) is 0 Å². The Morgan fingerprint density at radius 2 is 2.26 bits per heavy atom. The Hall–Kier alpha value is -1.26. The molecule has 0 radical (unpaired) electrons. The van der Waals surface area contributed by atoms with Gasteiger partial charge in [-0.05, 0) is 37.4 Å². The van der Waals surface area contributed by atoms with Gasteiger partial charge >= 0.3 is 0 Å². The van der Waals surface area contributed by atoms with Crippen molar-refractivity contribution >= 4 is 28.2 Å². The minimum Gasteiger partial charge on any atom is -0.369 e. The number of piperidine rings is 1. The summed E-state index contributed by atoms with van der Waals surface area (Å²) in [5, 5.41) is 12.7. The first-order valence-corrected chi connectivity index (χ1v) is 7.30. The molecule has 0 spiro atoms. The highest BCUT2D eigenvalue weighted by atomic mass is 35.5. The molecular formula is C14H17ClN4. The van der Waals surface area contributed by atoms with Gasteiger partial charge in [-0.2, -0.15) is 5.10 Å². The Morgan fingerprint density at radius 1 is 1.32 bits per heavy atom. The Kier molecular flexibility index (Phi) is 2.67. The van der Waals surface area contributed by atoms with Crippen LogP contribution < -0.4 is 10.2 Å². The minimum atomic E-state index is 0.634. The number of aromatic nitrogens is 2. The monoisotopic (exact) mass is 276 g/mol. The molecule has 4 rings (SSSR count). The predicted molar refractivity (Wildman–Crippen MR) is 77.8 cm³/mol. The summed E-state index contributed by atoms with van der Waals surface area (Å²) in [5.41, 5.74) is 2.23. The molecule has 2 N–H and O–H groups in total. The Morgan fingerprint density at radius 3 is 3.16 bits per heavy atom. The summed E-state index contributed by atoms with van der Waals surface area (Å²) in [4.78, 5) is 2.46. The van der Waals surface area contributed by atoms with E-state index in [-0.39, 0.29) is 0 Å². The number of rotatable bonds is 1. The highest BCUT2D eigenvalue weighted by Crippen LogP contribution is 2.35. The molecule has 0 saturated carbocycles. The van der Waals surface area contributed by atoms with Crippen LogP contribution in [0.25, 0.3) is 10.9 Å². The standard InChI is InChI=1S/C14H17ClN4/c15-10-4-12-11(6-17-18-12)14(5-10)19-7-9-2-1-3-16-13(9)8-19/h4-6,9,13,16H,1-3,7-8H2,(H,17,18).